The second kappa shape index (κ2) is 6.00. The Kier molecular flexibility index (Phi) is 4.93. The van der Waals surface area contributed by atoms with Crippen molar-refractivity contribution in [1.29, 1.82) is 0 Å². The lowest BCUT2D eigenvalue weighted by Crippen LogP contribution is -2.41. The predicted octanol–water partition coefficient (Wildman–Crippen LogP) is 0.507. The number of likely N-dealkylation sites (N-methyl/N-ethyl adjacent to an activating group) is 1. The number of amides is 1. The van der Waals surface area contributed by atoms with E-state index >= 15 is 0 Å². The van der Waals surface area contributed by atoms with Gasteiger partial charge in [0.1, 0.15) is 0 Å². The van der Waals surface area contributed by atoms with Crippen LogP contribution in [0.15, 0.2) is 0 Å². The summed E-state index contributed by atoms with van der Waals surface area (Å²) < 4.78 is 0. The molecule has 5 heteroatoms. The van der Waals surface area contributed by atoms with E-state index in [1.807, 2.05) is 19.0 Å². The third-order valence-electron chi connectivity index (χ3n) is 2.97. The molecule has 1 fully saturated rings. The first-order valence-electron chi connectivity index (χ1n) is 6.08. The molecule has 1 rings (SSSR count). The maximum Gasteiger partial charge on any atom is 0.308 e. The quantitative estimate of drug-likeness (QED) is 0.706. The molecule has 0 aromatic carbocycles. The molecule has 17 heavy (non-hydrogen) atoms. The first-order valence-corrected chi connectivity index (χ1v) is 6.08. The molecule has 5 nitrogen and oxygen atoms in total. The van der Waals surface area contributed by atoms with E-state index < -0.39 is 11.9 Å². The second-order valence-electron chi connectivity index (χ2n) is 5.10. The summed E-state index contributed by atoms with van der Waals surface area (Å²) in [6.07, 6.45) is 1.91. The summed E-state index contributed by atoms with van der Waals surface area (Å²) in [5, 5.41) is 8.90. The summed E-state index contributed by atoms with van der Waals surface area (Å²) in [6.45, 7) is 3.34. The Morgan fingerprint density at radius 3 is 2.29 bits per heavy atom. The molecule has 0 bridgehead atoms. The average Bonchev–Trinajstić information content (AvgIpc) is 3.05. The van der Waals surface area contributed by atoms with Gasteiger partial charge in [-0.2, -0.15) is 0 Å². The van der Waals surface area contributed by atoms with E-state index in [0.29, 0.717) is 13.1 Å². The number of carboxylic acids is 1. The summed E-state index contributed by atoms with van der Waals surface area (Å²) in [5.74, 6) is -1.07. The van der Waals surface area contributed by atoms with E-state index in [9.17, 15) is 9.59 Å². The van der Waals surface area contributed by atoms with Crippen molar-refractivity contribution >= 4 is 11.9 Å². The summed E-state index contributed by atoms with van der Waals surface area (Å²) >= 11 is 0. The molecule has 0 heterocycles. The number of rotatable bonds is 7. The fourth-order valence-corrected chi connectivity index (χ4v) is 1.61. The lowest BCUT2D eigenvalue weighted by Gasteiger charge is -2.26. The van der Waals surface area contributed by atoms with Gasteiger partial charge in [-0.05, 0) is 26.9 Å². The lowest BCUT2D eigenvalue weighted by molar-refractivity contribution is -0.143. The van der Waals surface area contributed by atoms with Crippen LogP contribution in [0.2, 0.25) is 0 Å². The lowest BCUT2D eigenvalue weighted by atomic mass is 10.1. The molecule has 1 aliphatic rings. The van der Waals surface area contributed by atoms with Gasteiger partial charge in [0.2, 0.25) is 5.91 Å². The topological polar surface area (TPSA) is 60.9 Å². The molecule has 0 spiro atoms. The van der Waals surface area contributed by atoms with Crippen molar-refractivity contribution in [1.82, 2.24) is 9.80 Å². The van der Waals surface area contributed by atoms with Crippen LogP contribution >= 0.6 is 0 Å². The van der Waals surface area contributed by atoms with Crippen molar-refractivity contribution in [2.45, 2.75) is 19.8 Å². The predicted molar refractivity (Wildman–Crippen MR) is 64.7 cm³/mol. The van der Waals surface area contributed by atoms with Gasteiger partial charge >= 0.3 is 5.97 Å². The molecular weight excluding hydrogens is 220 g/mol. The molecule has 98 valence electrons. The van der Waals surface area contributed by atoms with Crippen molar-refractivity contribution < 1.29 is 14.7 Å². The van der Waals surface area contributed by atoms with E-state index in [4.69, 9.17) is 5.11 Å². The van der Waals surface area contributed by atoms with Crippen LogP contribution in [0, 0.1) is 11.8 Å². The molecule has 1 unspecified atom stereocenters. The highest BCUT2D eigenvalue weighted by Gasteiger charge is 2.34. The smallest absolute Gasteiger partial charge is 0.308 e. The van der Waals surface area contributed by atoms with Crippen LogP contribution in [0.5, 0.6) is 0 Å². The van der Waals surface area contributed by atoms with Crippen molar-refractivity contribution in [3.05, 3.63) is 0 Å². The van der Waals surface area contributed by atoms with Gasteiger partial charge < -0.3 is 14.9 Å². The van der Waals surface area contributed by atoms with E-state index in [1.54, 1.807) is 11.8 Å². The van der Waals surface area contributed by atoms with E-state index in [0.717, 1.165) is 19.4 Å². The standard InChI is InChI=1S/C12H22N2O3/c1-9(12(16)17)8-14(7-6-13(2)3)11(15)10-4-5-10/h9-10H,4-8H2,1-3H3,(H,16,17). The van der Waals surface area contributed by atoms with Gasteiger partial charge in [0, 0.05) is 25.6 Å². The molecule has 0 aromatic heterocycles. The monoisotopic (exact) mass is 242 g/mol. The maximum absolute atomic E-state index is 12.0. The molecule has 1 amide bonds. The minimum Gasteiger partial charge on any atom is -0.481 e. The van der Waals surface area contributed by atoms with Crippen molar-refractivity contribution in [3.8, 4) is 0 Å². The Hall–Kier alpha value is -1.10. The summed E-state index contributed by atoms with van der Waals surface area (Å²) in [5.41, 5.74) is 0. The van der Waals surface area contributed by atoms with Crippen LogP contribution < -0.4 is 0 Å². The third-order valence-corrected chi connectivity index (χ3v) is 2.97. The van der Waals surface area contributed by atoms with Gasteiger partial charge in [0.15, 0.2) is 0 Å². The van der Waals surface area contributed by atoms with Crippen LogP contribution in [-0.2, 0) is 9.59 Å². The number of hydrogen-bond donors (Lipinski definition) is 1. The summed E-state index contributed by atoms with van der Waals surface area (Å²) in [4.78, 5) is 26.5. The zero-order chi connectivity index (χ0) is 13.0. The Morgan fingerprint density at radius 2 is 1.88 bits per heavy atom. The van der Waals surface area contributed by atoms with Crippen molar-refractivity contribution in [2.75, 3.05) is 33.7 Å². The van der Waals surface area contributed by atoms with Gasteiger partial charge in [-0.25, -0.2) is 0 Å². The Labute approximate surface area is 102 Å². The molecule has 1 saturated carbocycles. The highest BCUT2D eigenvalue weighted by atomic mass is 16.4. The highest BCUT2D eigenvalue weighted by Crippen LogP contribution is 2.31. The second-order valence-corrected chi connectivity index (χ2v) is 5.10. The molecule has 0 aromatic rings. The minimum atomic E-state index is -0.844. The largest absolute Gasteiger partial charge is 0.481 e. The Morgan fingerprint density at radius 1 is 1.29 bits per heavy atom. The first kappa shape index (κ1) is 14.0. The Bertz CT molecular complexity index is 287. The van der Waals surface area contributed by atoms with Gasteiger partial charge in [-0.3, -0.25) is 9.59 Å². The maximum atomic E-state index is 12.0. The van der Waals surface area contributed by atoms with Crippen LogP contribution in [-0.4, -0.2) is 60.5 Å². The van der Waals surface area contributed by atoms with Gasteiger partial charge in [-0.15, -0.1) is 0 Å². The zero-order valence-electron chi connectivity index (χ0n) is 10.8. The zero-order valence-corrected chi connectivity index (χ0v) is 10.8. The minimum absolute atomic E-state index is 0.125. The molecule has 1 N–H and O–H groups in total. The highest BCUT2D eigenvalue weighted by molar-refractivity contribution is 5.81. The molecule has 0 saturated heterocycles. The fraction of sp³-hybridized carbons (Fsp3) is 0.833. The average molecular weight is 242 g/mol. The molecule has 1 aliphatic carbocycles. The number of carboxylic acid groups (broad SMARTS) is 1. The number of aliphatic carboxylic acids is 1. The number of nitrogens with zero attached hydrogens (tertiary/aromatic N) is 2. The first-order chi connectivity index (χ1) is 7.91. The molecular formula is C12H22N2O3. The summed E-state index contributed by atoms with van der Waals surface area (Å²) in [6, 6.07) is 0. The number of carbonyl (C=O) groups excluding carboxylic acids is 1. The van der Waals surface area contributed by atoms with Crippen LogP contribution in [0.1, 0.15) is 19.8 Å². The van der Waals surface area contributed by atoms with Gasteiger partial charge in [0.05, 0.1) is 5.92 Å². The third kappa shape index (κ3) is 4.73. The van der Waals surface area contributed by atoms with Gasteiger partial charge in [-0.1, -0.05) is 6.92 Å². The Balaban J connectivity index is 2.51. The van der Waals surface area contributed by atoms with E-state index in [1.165, 1.54) is 0 Å². The SMILES string of the molecule is CC(CN(CCN(C)C)C(=O)C1CC1)C(=O)O. The number of carbonyl (C=O) groups is 2. The van der Waals surface area contributed by atoms with Crippen LogP contribution in [0.4, 0.5) is 0 Å². The van der Waals surface area contributed by atoms with Crippen LogP contribution in [0.25, 0.3) is 0 Å². The molecule has 1 atom stereocenters. The van der Waals surface area contributed by atoms with Crippen LogP contribution in [0.3, 0.4) is 0 Å². The number of hydrogen-bond acceptors (Lipinski definition) is 3. The molecule has 0 radical (unpaired) electrons. The van der Waals surface area contributed by atoms with E-state index in [-0.39, 0.29) is 11.8 Å². The van der Waals surface area contributed by atoms with Crippen molar-refractivity contribution in [3.63, 3.8) is 0 Å². The summed E-state index contributed by atoms with van der Waals surface area (Å²) in [7, 11) is 3.89. The van der Waals surface area contributed by atoms with Gasteiger partial charge in [0.25, 0.3) is 0 Å². The van der Waals surface area contributed by atoms with E-state index in [2.05, 4.69) is 0 Å². The van der Waals surface area contributed by atoms with Crippen molar-refractivity contribution in [2.24, 2.45) is 11.8 Å². The molecule has 0 aliphatic heterocycles. The fourth-order valence-electron chi connectivity index (χ4n) is 1.61. The normalized spacial score (nSPS) is 16.9.